The first-order chi connectivity index (χ1) is 12.4. The van der Waals surface area contributed by atoms with Gasteiger partial charge >= 0.3 is 0 Å². The van der Waals surface area contributed by atoms with E-state index in [1.165, 1.54) is 0 Å². The monoisotopic (exact) mass is 372 g/mol. The molecule has 2 aromatic rings. The van der Waals surface area contributed by atoms with Crippen LogP contribution in [-0.2, 0) is 16.4 Å². The Balaban J connectivity index is 1.63. The average Bonchev–Trinajstić information content (AvgIpc) is 3.09. The Morgan fingerprint density at radius 2 is 1.65 bits per heavy atom. The quantitative estimate of drug-likeness (QED) is 0.727. The molecule has 2 aromatic carbocycles. The van der Waals surface area contributed by atoms with E-state index in [-0.39, 0.29) is 6.04 Å². The van der Waals surface area contributed by atoms with E-state index in [2.05, 4.69) is 32.5 Å². The molecule has 0 atom stereocenters. The van der Waals surface area contributed by atoms with Gasteiger partial charge in [-0.3, -0.25) is 4.99 Å². The highest BCUT2D eigenvalue weighted by Gasteiger charge is 2.14. The molecule has 0 aromatic heterocycles. The Morgan fingerprint density at radius 1 is 1.04 bits per heavy atom. The van der Waals surface area contributed by atoms with Gasteiger partial charge in [0.05, 0.1) is 11.4 Å². The van der Waals surface area contributed by atoms with Crippen LogP contribution in [0.25, 0.3) is 0 Å². The largest absolute Gasteiger partial charge is 0.354 e. The van der Waals surface area contributed by atoms with E-state index < -0.39 is 10.0 Å². The standard InChI is InChI=1S/C19H24N4O2S/c1-14(2)23-26(24,25)18-9-5-16(6-10-18)13-15-3-7-17(8-4-15)22-19-20-11-12-21-19/h3-10,14,23H,11-13H2,1-2H3,(H2,20,21,22). The summed E-state index contributed by atoms with van der Waals surface area (Å²) in [5.41, 5.74) is 3.21. The van der Waals surface area contributed by atoms with E-state index in [4.69, 9.17) is 0 Å². The van der Waals surface area contributed by atoms with E-state index in [0.717, 1.165) is 42.3 Å². The van der Waals surface area contributed by atoms with Crippen molar-refractivity contribution in [2.75, 3.05) is 18.4 Å². The Hall–Kier alpha value is -2.38. The minimum absolute atomic E-state index is 0.128. The van der Waals surface area contributed by atoms with Gasteiger partial charge in [-0.25, -0.2) is 13.1 Å². The van der Waals surface area contributed by atoms with Crippen molar-refractivity contribution in [3.63, 3.8) is 0 Å². The minimum Gasteiger partial charge on any atom is -0.354 e. The van der Waals surface area contributed by atoms with Crippen molar-refractivity contribution in [1.82, 2.24) is 10.0 Å². The van der Waals surface area contributed by atoms with E-state index >= 15 is 0 Å². The first-order valence-corrected chi connectivity index (χ1v) is 10.2. The Kier molecular flexibility index (Phi) is 5.58. The summed E-state index contributed by atoms with van der Waals surface area (Å²) in [5, 5.41) is 6.41. The molecule has 0 aliphatic carbocycles. The zero-order chi connectivity index (χ0) is 18.6. The third-order valence-electron chi connectivity index (χ3n) is 3.92. The lowest BCUT2D eigenvalue weighted by molar-refractivity contribution is 0.570. The van der Waals surface area contributed by atoms with Crippen molar-refractivity contribution in [3.8, 4) is 0 Å². The van der Waals surface area contributed by atoms with Crippen LogP contribution in [0.15, 0.2) is 58.4 Å². The summed E-state index contributed by atoms with van der Waals surface area (Å²) < 4.78 is 26.9. The Bertz CT molecular complexity index is 873. The van der Waals surface area contributed by atoms with E-state index in [1.807, 2.05) is 24.3 Å². The third-order valence-corrected chi connectivity index (χ3v) is 5.60. The molecular weight excluding hydrogens is 348 g/mol. The number of guanidine groups is 1. The summed E-state index contributed by atoms with van der Waals surface area (Å²) in [6.45, 7) is 5.29. The summed E-state index contributed by atoms with van der Waals surface area (Å²) >= 11 is 0. The molecule has 3 rings (SSSR count). The van der Waals surface area contributed by atoms with Crippen molar-refractivity contribution < 1.29 is 8.42 Å². The second kappa shape index (κ2) is 7.88. The summed E-state index contributed by atoms with van der Waals surface area (Å²) in [4.78, 5) is 4.60. The smallest absolute Gasteiger partial charge is 0.240 e. The first-order valence-electron chi connectivity index (χ1n) is 8.68. The number of nitrogens with one attached hydrogen (secondary N) is 3. The highest BCUT2D eigenvalue weighted by Crippen LogP contribution is 2.16. The van der Waals surface area contributed by atoms with Gasteiger partial charge in [-0.2, -0.15) is 0 Å². The molecule has 1 heterocycles. The Morgan fingerprint density at radius 3 is 2.19 bits per heavy atom. The molecule has 0 spiro atoms. The van der Waals surface area contributed by atoms with Crippen LogP contribution in [0.4, 0.5) is 5.69 Å². The van der Waals surface area contributed by atoms with Crippen LogP contribution in [0.2, 0.25) is 0 Å². The molecule has 0 saturated carbocycles. The Labute approximate surface area is 154 Å². The predicted octanol–water partition coefficient (Wildman–Crippen LogP) is 2.34. The number of sulfonamides is 1. The summed E-state index contributed by atoms with van der Waals surface area (Å²) in [6.07, 6.45) is 0.747. The topological polar surface area (TPSA) is 82.6 Å². The van der Waals surface area contributed by atoms with Crippen LogP contribution < -0.4 is 15.4 Å². The van der Waals surface area contributed by atoms with Gasteiger partial charge < -0.3 is 10.6 Å². The molecule has 0 radical (unpaired) electrons. The molecule has 0 unspecified atom stereocenters. The molecule has 1 aliphatic rings. The molecule has 0 fully saturated rings. The molecular formula is C19H24N4O2S. The molecule has 26 heavy (non-hydrogen) atoms. The maximum Gasteiger partial charge on any atom is 0.240 e. The summed E-state index contributed by atoms with van der Waals surface area (Å²) in [6, 6.07) is 15.0. The van der Waals surface area contributed by atoms with Gasteiger partial charge in [-0.15, -0.1) is 0 Å². The van der Waals surface area contributed by atoms with Gasteiger partial charge in [0.1, 0.15) is 0 Å². The molecule has 0 saturated heterocycles. The maximum atomic E-state index is 12.2. The van der Waals surface area contributed by atoms with Crippen molar-refractivity contribution in [3.05, 3.63) is 59.7 Å². The molecule has 3 N–H and O–H groups in total. The molecule has 0 bridgehead atoms. The van der Waals surface area contributed by atoms with Crippen LogP contribution in [-0.4, -0.2) is 33.5 Å². The molecule has 6 nitrogen and oxygen atoms in total. The number of benzene rings is 2. The minimum atomic E-state index is -3.44. The second-order valence-corrected chi connectivity index (χ2v) is 8.29. The second-order valence-electron chi connectivity index (χ2n) is 6.58. The van der Waals surface area contributed by atoms with Gasteiger partial charge in [0.25, 0.3) is 0 Å². The molecule has 138 valence electrons. The first kappa shape index (κ1) is 18.4. The third kappa shape index (κ3) is 4.83. The van der Waals surface area contributed by atoms with E-state index in [9.17, 15) is 8.42 Å². The highest BCUT2D eigenvalue weighted by molar-refractivity contribution is 7.89. The molecule has 7 heteroatoms. The van der Waals surface area contributed by atoms with Crippen LogP contribution in [0, 0.1) is 0 Å². The van der Waals surface area contributed by atoms with Crippen LogP contribution >= 0.6 is 0 Å². The van der Waals surface area contributed by atoms with Gasteiger partial charge in [-0.1, -0.05) is 24.3 Å². The lowest BCUT2D eigenvalue weighted by atomic mass is 10.0. The van der Waals surface area contributed by atoms with Crippen LogP contribution in [0.1, 0.15) is 25.0 Å². The predicted molar refractivity (Wildman–Crippen MR) is 105 cm³/mol. The maximum absolute atomic E-state index is 12.2. The van der Waals surface area contributed by atoms with E-state index in [0.29, 0.717) is 4.90 Å². The van der Waals surface area contributed by atoms with Gasteiger partial charge in [-0.05, 0) is 55.7 Å². The average molecular weight is 372 g/mol. The number of rotatable bonds is 6. The number of anilines is 1. The lowest BCUT2D eigenvalue weighted by Crippen LogP contribution is -2.30. The van der Waals surface area contributed by atoms with Crippen LogP contribution in [0.3, 0.4) is 0 Å². The van der Waals surface area contributed by atoms with Gasteiger partial charge in [0.15, 0.2) is 5.96 Å². The van der Waals surface area contributed by atoms with Crippen molar-refractivity contribution >= 4 is 21.7 Å². The summed E-state index contributed by atoms with van der Waals surface area (Å²) in [5.74, 6) is 0.810. The van der Waals surface area contributed by atoms with Crippen molar-refractivity contribution in [2.24, 2.45) is 4.99 Å². The molecule has 0 amide bonds. The zero-order valence-electron chi connectivity index (χ0n) is 15.0. The number of aliphatic imine (C=N–C) groups is 1. The number of nitrogens with zero attached hydrogens (tertiary/aromatic N) is 1. The highest BCUT2D eigenvalue weighted by atomic mass is 32.2. The number of hydrogen-bond donors (Lipinski definition) is 3. The SMILES string of the molecule is CC(C)NS(=O)(=O)c1ccc(Cc2ccc(NC3=NCCN3)cc2)cc1. The fraction of sp³-hybridized carbons (Fsp3) is 0.316. The van der Waals surface area contributed by atoms with E-state index in [1.54, 1.807) is 26.0 Å². The fourth-order valence-electron chi connectivity index (χ4n) is 2.72. The zero-order valence-corrected chi connectivity index (χ0v) is 15.8. The summed E-state index contributed by atoms with van der Waals surface area (Å²) in [7, 11) is -3.44. The number of hydrogen-bond acceptors (Lipinski definition) is 5. The van der Waals surface area contributed by atoms with Crippen molar-refractivity contribution in [1.29, 1.82) is 0 Å². The van der Waals surface area contributed by atoms with Gasteiger partial charge in [0, 0.05) is 18.3 Å². The fourth-order valence-corrected chi connectivity index (χ4v) is 3.98. The van der Waals surface area contributed by atoms with Crippen molar-refractivity contribution in [2.45, 2.75) is 31.2 Å². The normalized spacial score (nSPS) is 14.2. The lowest BCUT2D eigenvalue weighted by Gasteiger charge is -2.10. The van der Waals surface area contributed by atoms with Crippen LogP contribution in [0.5, 0.6) is 0 Å². The molecule has 1 aliphatic heterocycles. The van der Waals surface area contributed by atoms with Gasteiger partial charge in [0.2, 0.25) is 10.0 Å².